The second-order valence-electron chi connectivity index (χ2n) is 8.58. The van der Waals surface area contributed by atoms with E-state index in [9.17, 15) is 19.2 Å². The van der Waals surface area contributed by atoms with Crippen LogP contribution >= 0.6 is 22.7 Å². The number of imide groups is 1. The summed E-state index contributed by atoms with van der Waals surface area (Å²) in [4.78, 5) is 54.7. The number of nitrogens with one attached hydrogen (secondary N) is 2. The molecule has 2 aromatic heterocycles. The topological polar surface area (TPSA) is 95.6 Å². The van der Waals surface area contributed by atoms with Gasteiger partial charge in [-0.2, -0.15) is 0 Å². The van der Waals surface area contributed by atoms with Crippen LogP contribution in [0.2, 0.25) is 0 Å². The predicted octanol–water partition coefficient (Wildman–Crippen LogP) is 4.33. The van der Waals surface area contributed by atoms with Gasteiger partial charge >= 0.3 is 6.03 Å². The molecule has 1 unspecified atom stereocenters. The monoisotopic (exact) mass is 493 g/mol. The molecule has 1 fully saturated rings. The Labute approximate surface area is 204 Å². The summed E-state index contributed by atoms with van der Waals surface area (Å²) in [5, 5.41) is 7.86. The molecule has 3 heterocycles. The predicted molar refractivity (Wildman–Crippen MR) is 131 cm³/mol. The number of ketones is 1. The summed E-state index contributed by atoms with van der Waals surface area (Å²) < 4.78 is 0. The fourth-order valence-electron chi connectivity index (χ4n) is 4.51. The largest absolute Gasteiger partial charge is 0.325 e. The Morgan fingerprint density at radius 2 is 1.85 bits per heavy atom. The number of aryl methyl sites for hydroxylation is 1. The normalized spacial score (nSPS) is 19.6. The lowest BCUT2D eigenvalue weighted by molar-refractivity contribution is -0.133. The SMILES string of the molecule is CC1(c2cccs2)NC(=O)N(CC(=O)Nc2sc3c(c2C(=O)c2ccccc2)CCCC3)C1=O. The molecule has 1 atom stereocenters. The Balaban J connectivity index is 1.39. The van der Waals surface area contributed by atoms with Crippen molar-refractivity contribution in [2.45, 2.75) is 38.1 Å². The molecule has 3 aromatic rings. The molecule has 34 heavy (non-hydrogen) atoms. The van der Waals surface area contributed by atoms with Gasteiger partial charge in [0.2, 0.25) is 5.91 Å². The number of carbonyl (C=O) groups excluding carboxylic acids is 4. The maximum Gasteiger partial charge on any atom is 0.325 e. The molecule has 174 valence electrons. The number of benzene rings is 1. The van der Waals surface area contributed by atoms with Gasteiger partial charge in [-0.05, 0) is 49.6 Å². The highest BCUT2D eigenvalue weighted by Crippen LogP contribution is 2.39. The van der Waals surface area contributed by atoms with Gasteiger partial charge in [-0.3, -0.25) is 19.3 Å². The first-order chi connectivity index (χ1) is 16.4. The second-order valence-corrected chi connectivity index (χ2v) is 10.6. The molecule has 1 aliphatic carbocycles. The van der Waals surface area contributed by atoms with Crippen LogP contribution in [0.4, 0.5) is 9.80 Å². The number of anilines is 1. The van der Waals surface area contributed by atoms with E-state index in [1.165, 1.54) is 22.7 Å². The van der Waals surface area contributed by atoms with Crippen molar-refractivity contribution < 1.29 is 19.2 Å². The molecular weight excluding hydrogens is 470 g/mol. The number of thiophene rings is 2. The summed E-state index contributed by atoms with van der Waals surface area (Å²) >= 11 is 2.78. The zero-order valence-electron chi connectivity index (χ0n) is 18.6. The molecule has 0 bridgehead atoms. The Kier molecular flexibility index (Phi) is 5.83. The van der Waals surface area contributed by atoms with Gasteiger partial charge in [-0.1, -0.05) is 36.4 Å². The van der Waals surface area contributed by atoms with Crippen molar-refractivity contribution in [2.75, 3.05) is 11.9 Å². The molecule has 1 aliphatic heterocycles. The lowest BCUT2D eigenvalue weighted by Crippen LogP contribution is -2.41. The van der Waals surface area contributed by atoms with Crippen LogP contribution in [0.3, 0.4) is 0 Å². The number of carbonyl (C=O) groups is 4. The third-order valence-electron chi connectivity index (χ3n) is 6.28. The van der Waals surface area contributed by atoms with Crippen LogP contribution in [-0.4, -0.2) is 35.1 Å². The Morgan fingerprint density at radius 1 is 1.09 bits per heavy atom. The second kappa shape index (κ2) is 8.81. The van der Waals surface area contributed by atoms with Gasteiger partial charge in [0, 0.05) is 15.3 Å². The zero-order valence-corrected chi connectivity index (χ0v) is 20.2. The summed E-state index contributed by atoms with van der Waals surface area (Å²) in [6, 6.07) is 12.0. The Hall–Kier alpha value is -3.30. The quantitative estimate of drug-likeness (QED) is 0.395. The number of nitrogens with zero attached hydrogens (tertiary/aromatic N) is 1. The first kappa shape index (κ1) is 22.5. The molecule has 7 nitrogen and oxygen atoms in total. The van der Waals surface area contributed by atoms with Crippen LogP contribution < -0.4 is 10.6 Å². The number of amides is 4. The van der Waals surface area contributed by atoms with E-state index in [0.717, 1.165) is 41.0 Å². The van der Waals surface area contributed by atoms with Crippen LogP contribution in [-0.2, 0) is 28.0 Å². The Morgan fingerprint density at radius 3 is 2.59 bits per heavy atom. The van der Waals surface area contributed by atoms with Gasteiger partial charge in [0.05, 0.1) is 5.56 Å². The number of hydrogen-bond acceptors (Lipinski definition) is 6. The summed E-state index contributed by atoms with van der Waals surface area (Å²) in [5.41, 5.74) is 0.896. The van der Waals surface area contributed by atoms with Crippen molar-refractivity contribution in [1.82, 2.24) is 10.2 Å². The van der Waals surface area contributed by atoms with Crippen molar-refractivity contribution in [3.63, 3.8) is 0 Å². The molecule has 1 aromatic carbocycles. The molecule has 0 spiro atoms. The van der Waals surface area contributed by atoms with Crippen molar-refractivity contribution in [3.05, 3.63) is 74.3 Å². The zero-order chi connectivity index (χ0) is 23.9. The fraction of sp³-hybridized carbons (Fsp3) is 0.280. The molecule has 0 saturated carbocycles. The number of rotatable bonds is 6. The van der Waals surface area contributed by atoms with Crippen molar-refractivity contribution in [2.24, 2.45) is 0 Å². The van der Waals surface area contributed by atoms with Crippen LogP contribution in [0.1, 0.15) is 51.0 Å². The maximum absolute atomic E-state index is 13.4. The van der Waals surface area contributed by atoms with E-state index in [1.54, 1.807) is 25.1 Å². The van der Waals surface area contributed by atoms with Gasteiger partial charge in [0.15, 0.2) is 11.3 Å². The smallest absolute Gasteiger partial charge is 0.319 e. The van der Waals surface area contributed by atoms with Gasteiger partial charge in [0.1, 0.15) is 11.5 Å². The first-order valence-corrected chi connectivity index (χ1v) is 12.8. The van der Waals surface area contributed by atoms with E-state index >= 15 is 0 Å². The summed E-state index contributed by atoms with van der Waals surface area (Å²) in [5.74, 6) is -1.11. The van der Waals surface area contributed by atoms with Crippen molar-refractivity contribution in [1.29, 1.82) is 0 Å². The molecular formula is C25H23N3O4S2. The van der Waals surface area contributed by atoms with E-state index in [-0.39, 0.29) is 5.78 Å². The lowest BCUT2D eigenvalue weighted by atomic mass is 9.92. The van der Waals surface area contributed by atoms with Crippen LogP contribution in [0.15, 0.2) is 47.8 Å². The highest BCUT2D eigenvalue weighted by Gasteiger charge is 2.50. The van der Waals surface area contributed by atoms with Gasteiger partial charge in [-0.25, -0.2) is 4.79 Å². The molecule has 2 N–H and O–H groups in total. The minimum Gasteiger partial charge on any atom is -0.319 e. The van der Waals surface area contributed by atoms with E-state index < -0.39 is 29.9 Å². The van der Waals surface area contributed by atoms with Crippen molar-refractivity contribution >= 4 is 51.3 Å². The fourth-order valence-corrected chi connectivity index (χ4v) is 6.65. The summed E-state index contributed by atoms with van der Waals surface area (Å²) in [6.07, 6.45) is 3.71. The van der Waals surface area contributed by atoms with Gasteiger partial charge in [0.25, 0.3) is 5.91 Å². The molecule has 9 heteroatoms. The van der Waals surface area contributed by atoms with E-state index in [4.69, 9.17) is 0 Å². The Bertz CT molecular complexity index is 1280. The van der Waals surface area contributed by atoms with Crippen LogP contribution in [0.25, 0.3) is 0 Å². The maximum atomic E-state index is 13.4. The molecule has 5 rings (SSSR count). The minimum absolute atomic E-state index is 0.129. The van der Waals surface area contributed by atoms with E-state index in [0.29, 0.717) is 21.0 Å². The number of hydrogen-bond donors (Lipinski definition) is 2. The number of fused-ring (bicyclic) bond motifs is 1. The van der Waals surface area contributed by atoms with Gasteiger partial charge in [-0.15, -0.1) is 22.7 Å². The van der Waals surface area contributed by atoms with E-state index in [1.807, 2.05) is 29.6 Å². The molecule has 4 amide bonds. The van der Waals surface area contributed by atoms with Crippen molar-refractivity contribution in [3.8, 4) is 0 Å². The standard InChI is InChI=1S/C25H23N3O4S2/c1-25(18-12-7-13-33-18)23(31)28(24(32)27-25)14-19(29)26-22-20(16-10-5-6-11-17(16)34-22)21(30)15-8-3-2-4-9-15/h2-4,7-9,12-13H,5-6,10-11,14H2,1H3,(H,26,29)(H,27,32). The minimum atomic E-state index is -1.19. The van der Waals surface area contributed by atoms with Crippen LogP contribution in [0.5, 0.6) is 0 Å². The van der Waals surface area contributed by atoms with Crippen LogP contribution in [0, 0.1) is 0 Å². The third kappa shape index (κ3) is 3.84. The highest BCUT2D eigenvalue weighted by molar-refractivity contribution is 7.17. The first-order valence-electron chi connectivity index (χ1n) is 11.1. The summed E-state index contributed by atoms with van der Waals surface area (Å²) in [6.45, 7) is 1.22. The highest BCUT2D eigenvalue weighted by atomic mass is 32.1. The summed E-state index contributed by atoms with van der Waals surface area (Å²) in [7, 11) is 0. The van der Waals surface area contributed by atoms with Gasteiger partial charge < -0.3 is 10.6 Å². The van der Waals surface area contributed by atoms with E-state index in [2.05, 4.69) is 10.6 Å². The number of urea groups is 1. The third-order valence-corrected chi connectivity index (χ3v) is 8.58. The molecule has 0 radical (unpaired) electrons. The average Bonchev–Trinajstić information content (AvgIpc) is 3.54. The molecule has 2 aliphatic rings. The molecule has 1 saturated heterocycles. The lowest BCUT2D eigenvalue weighted by Gasteiger charge is -2.20. The average molecular weight is 494 g/mol.